The van der Waals surface area contributed by atoms with Crippen molar-refractivity contribution in [3.8, 4) is 0 Å². The first-order chi connectivity index (χ1) is 3.72. The van der Waals surface area contributed by atoms with Gasteiger partial charge >= 0.3 is 5.97 Å². The third-order valence-electron chi connectivity index (χ3n) is 1.51. The summed E-state index contributed by atoms with van der Waals surface area (Å²) in [6, 6.07) is 0. The Morgan fingerprint density at radius 1 is 1.62 bits per heavy atom. The Kier molecular flexibility index (Phi) is 1.56. The van der Waals surface area contributed by atoms with Gasteiger partial charge in [-0.25, -0.2) is 0 Å². The fourth-order valence-electron chi connectivity index (χ4n) is 0.738. The molecule has 1 aliphatic rings. The zero-order valence-electron chi connectivity index (χ0n) is 4.30. The van der Waals surface area contributed by atoms with Crippen molar-refractivity contribution in [1.29, 1.82) is 0 Å². The number of hydrogen-bond donors (Lipinski definition) is 1. The zero-order chi connectivity index (χ0) is 6.15. The van der Waals surface area contributed by atoms with Crippen molar-refractivity contribution in [2.24, 2.45) is 5.92 Å². The highest BCUT2D eigenvalue weighted by Crippen LogP contribution is 2.33. The molecule has 1 aliphatic carbocycles. The summed E-state index contributed by atoms with van der Waals surface area (Å²) >= 11 is 3.25. The molecule has 1 rings (SSSR count). The highest BCUT2D eigenvalue weighted by molar-refractivity contribution is 9.09. The second-order valence-electron chi connectivity index (χ2n) is 2.04. The van der Waals surface area contributed by atoms with Gasteiger partial charge in [-0.1, -0.05) is 15.9 Å². The fraction of sp³-hybridized carbons (Fsp3) is 0.800. The lowest BCUT2D eigenvalue weighted by molar-refractivity contribution is -0.143. The number of rotatable bonds is 1. The highest BCUT2D eigenvalue weighted by atomic mass is 79.9. The highest BCUT2D eigenvalue weighted by Gasteiger charge is 2.34. The second kappa shape index (κ2) is 2.05. The largest absolute Gasteiger partial charge is 0.481 e. The fourth-order valence-corrected chi connectivity index (χ4v) is 1.49. The number of carboxylic acids is 1. The number of carbonyl (C=O) groups is 1. The van der Waals surface area contributed by atoms with Gasteiger partial charge in [0, 0.05) is 4.83 Å². The molecular weight excluding hydrogens is 172 g/mol. The van der Waals surface area contributed by atoms with E-state index in [0.29, 0.717) is 0 Å². The summed E-state index contributed by atoms with van der Waals surface area (Å²) in [5, 5.41) is 8.37. The lowest BCUT2D eigenvalue weighted by Gasteiger charge is -2.27. The SMILES string of the molecule is O=C(O)[C@H]1CC[C@@H]1Br. The van der Waals surface area contributed by atoms with Gasteiger partial charge < -0.3 is 5.11 Å². The predicted molar refractivity (Wildman–Crippen MR) is 33.1 cm³/mol. The first kappa shape index (κ1) is 6.08. The smallest absolute Gasteiger partial charge is 0.307 e. The minimum Gasteiger partial charge on any atom is -0.481 e. The Morgan fingerprint density at radius 3 is 2.25 bits per heavy atom. The van der Waals surface area contributed by atoms with Gasteiger partial charge in [0.15, 0.2) is 0 Å². The van der Waals surface area contributed by atoms with Gasteiger partial charge in [-0.15, -0.1) is 0 Å². The topological polar surface area (TPSA) is 37.3 Å². The molecule has 2 nitrogen and oxygen atoms in total. The maximum absolute atomic E-state index is 10.2. The summed E-state index contributed by atoms with van der Waals surface area (Å²) in [6.07, 6.45) is 1.85. The van der Waals surface area contributed by atoms with Crippen LogP contribution >= 0.6 is 15.9 Å². The molecule has 3 heteroatoms. The van der Waals surface area contributed by atoms with Gasteiger partial charge in [-0.3, -0.25) is 4.79 Å². The number of aliphatic carboxylic acids is 1. The average molecular weight is 179 g/mol. The molecule has 0 aromatic rings. The Morgan fingerprint density at radius 2 is 2.25 bits per heavy atom. The van der Waals surface area contributed by atoms with Crippen LogP contribution in [0.15, 0.2) is 0 Å². The number of alkyl halides is 1. The van der Waals surface area contributed by atoms with Gasteiger partial charge in [0.05, 0.1) is 5.92 Å². The van der Waals surface area contributed by atoms with E-state index >= 15 is 0 Å². The van der Waals surface area contributed by atoms with Crippen LogP contribution in [-0.4, -0.2) is 15.9 Å². The third kappa shape index (κ3) is 0.869. The van der Waals surface area contributed by atoms with E-state index in [-0.39, 0.29) is 10.7 Å². The maximum atomic E-state index is 10.2. The quantitative estimate of drug-likeness (QED) is 0.615. The minimum atomic E-state index is -0.668. The van der Waals surface area contributed by atoms with Crippen LogP contribution in [0.2, 0.25) is 0 Å². The van der Waals surface area contributed by atoms with Crippen molar-refractivity contribution in [2.75, 3.05) is 0 Å². The van der Waals surface area contributed by atoms with Crippen LogP contribution in [0.25, 0.3) is 0 Å². The predicted octanol–water partition coefficient (Wildman–Crippen LogP) is 1.24. The van der Waals surface area contributed by atoms with Crippen molar-refractivity contribution in [2.45, 2.75) is 17.7 Å². The van der Waals surface area contributed by atoms with Crippen molar-refractivity contribution in [1.82, 2.24) is 0 Å². The third-order valence-corrected chi connectivity index (χ3v) is 2.60. The number of carboxylic acid groups (broad SMARTS) is 1. The Hall–Kier alpha value is -0.0500. The summed E-state index contributed by atoms with van der Waals surface area (Å²) in [4.78, 5) is 10.4. The van der Waals surface area contributed by atoms with Crippen molar-refractivity contribution in [3.05, 3.63) is 0 Å². The van der Waals surface area contributed by atoms with Crippen LogP contribution in [0.3, 0.4) is 0 Å². The molecule has 0 saturated heterocycles. The molecule has 0 spiro atoms. The molecule has 2 atom stereocenters. The van der Waals surface area contributed by atoms with Gasteiger partial charge in [0.1, 0.15) is 0 Å². The molecule has 0 unspecified atom stereocenters. The Labute approximate surface area is 56.0 Å². The number of hydrogen-bond acceptors (Lipinski definition) is 1. The molecule has 1 saturated carbocycles. The molecule has 46 valence electrons. The van der Waals surface area contributed by atoms with E-state index in [4.69, 9.17) is 5.11 Å². The first-order valence-electron chi connectivity index (χ1n) is 2.58. The van der Waals surface area contributed by atoms with Gasteiger partial charge in [0.25, 0.3) is 0 Å². The van der Waals surface area contributed by atoms with Crippen LogP contribution in [0.4, 0.5) is 0 Å². The maximum Gasteiger partial charge on any atom is 0.307 e. The van der Waals surface area contributed by atoms with E-state index in [1.54, 1.807) is 0 Å². The van der Waals surface area contributed by atoms with Crippen LogP contribution in [-0.2, 0) is 4.79 Å². The van der Waals surface area contributed by atoms with Gasteiger partial charge in [-0.2, -0.15) is 0 Å². The lowest BCUT2D eigenvalue weighted by Crippen LogP contribution is -2.32. The lowest BCUT2D eigenvalue weighted by atomic mass is 9.85. The molecule has 0 aliphatic heterocycles. The van der Waals surface area contributed by atoms with Crippen LogP contribution in [0.1, 0.15) is 12.8 Å². The van der Waals surface area contributed by atoms with Crippen LogP contribution in [0, 0.1) is 5.92 Å². The number of halogens is 1. The molecule has 8 heavy (non-hydrogen) atoms. The molecule has 1 fully saturated rings. The molecule has 0 amide bonds. The summed E-state index contributed by atoms with van der Waals surface area (Å²) in [6.45, 7) is 0. The van der Waals surface area contributed by atoms with Crippen molar-refractivity contribution >= 4 is 21.9 Å². The zero-order valence-corrected chi connectivity index (χ0v) is 5.89. The van der Waals surface area contributed by atoms with Crippen molar-refractivity contribution < 1.29 is 9.90 Å². The Balaban J connectivity index is 2.37. The molecule has 0 heterocycles. The summed E-state index contributed by atoms with van der Waals surface area (Å²) in [5.41, 5.74) is 0. The van der Waals surface area contributed by atoms with E-state index in [0.717, 1.165) is 12.8 Å². The van der Waals surface area contributed by atoms with Crippen LogP contribution < -0.4 is 0 Å². The summed E-state index contributed by atoms with van der Waals surface area (Å²) in [7, 11) is 0. The normalized spacial score (nSPS) is 36.1. The first-order valence-corrected chi connectivity index (χ1v) is 3.50. The van der Waals surface area contributed by atoms with E-state index in [1.807, 2.05) is 0 Å². The monoisotopic (exact) mass is 178 g/mol. The summed E-state index contributed by atoms with van der Waals surface area (Å²) < 4.78 is 0. The van der Waals surface area contributed by atoms with Gasteiger partial charge in [0.2, 0.25) is 0 Å². The summed E-state index contributed by atoms with van der Waals surface area (Å²) in [5.74, 6) is -0.784. The molecule has 0 aromatic heterocycles. The van der Waals surface area contributed by atoms with E-state index in [2.05, 4.69) is 15.9 Å². The van der Waals surface area contributed by atoms with E-state index < -0.39 is 5.97 Å². The Bertz CT molecular complexity index is 113. The molecule has 0 bridgehead atoms. The van der Waals surface area contributed by atoms with Crippen molar-refractivity contribution in [3.63, 3.8) is 0 Å². The molecule has 0 aromatic carbocycles. The molecule has 1 N–H and O–H groups in total. The van der Waals surface area contributed by atoms with E-state index in [9.17, 15) is 4.79 Å². The molecule has 0 radical (unpaired) electrons. The standard InChI is InChI=1S/C5H7BrO2/c6-4-2-1-3(4)5(7)8/h3-4H,1-2H2,(H,7,8)/t3-,4-/m0/s1. The minimum absolute atomic E-state index is 0.116. The van der Waals surface area contributed by atoms with Gasteiger partial charge in [-0.05, 0) is 12.8 Å². The van der Waals surface area contributed by atoms with Crippen LogP contribution in [0.5, 0.6) is 0 Å². The second-order valence-corrected chi connectivity index (χ2v) is 3.21. The van der Waals surface area contributed by atoms with E-state index in [1.165, 1.54) is 0 Å². The molecular formula is C5H7BrO2. The average Bonchev–Trinajstić information content (AvgIpc) is 1.61.